The van der Waals surface area contributed by atoms with E-state index in [0.29, 0.717) is 10.6 Å². The Labute approximate surface area is 133 Å². The van der Waals surface area contributed by atoms with Crippen LogP contribution in [0.1, 0.15) is 18.0 Å². The third-order valence-corrected chi connectivity index (χ3v) is 4.01. The molecule has 0 amide bonds. The van der Waals surface area contributed by atoms with E-state index >= 15 is 0 Å². The Morgan fingerprint density at radius 1 is 1.20 bits per heavy atom. The quantitative estimate of drug-likeness (QED) is 0.834. The molecule has 0 saturated carbocycles. The molecule has 1 atom stereocenters. The average Bonchev–Trinajstić information content (AvgIpc) is 2.43. The minimum absolute atomic E-state index is 0. The maximum atomic E-state index is 14.2. The number of rotatable bonds is 4. The van der Waals surface area contributed by atoms with Gasteiger partial charge in [-0.2, -0.15) is 0 Å². The number of benzene rings is 1. The molecule has 0 aliphatic carbocycles. The predicted molar refractivity (Wildman–Crippen MR) is 81.4 cm³/mol. The standard InChI is InChI=1S/C13H16Cl2F2N2.ClH/c14-9-1-2-10(15)13(17)12(9)11(3-4-16)19-7-5-18-6-8-19;/h1-2,11,18H,3-8H2;1H/t11-;/m1./s1. The Morgan fingerprint density at radius 2 is 1.80 bits per heavy atom. The molecular formula is C13H17Cl3F2N2. The summed E-state index contributed by atoms with van der Waals surface area (Å²) in [5.74, 6) is -0.536. The van der Waals surface area contributed by atoms with Gasteiger partial charge in [0.15, 0.2) is 0 Å². The molecule has 1 N–H and O–H groups in total. The van der Waals surface area contributed by atoms with Gasteiger partial charge in [0.25, 0.3) is 0 Å². The molecule has 0 unspecified atom stereocenters. The van der Waals surface area contributed by atoms with Gasteiger partial charge in [0, 0.05) is 42.8 Å². The van der Waals surface area contributed by atoms with Crippen LogP contribution in [0.15, 0.2) is 12.1 Å². The number of hydrogen-bond acceptors (Lipinski definition) is 2. The van der Waals surface area contributed by atoms with Gasteiger partial charge in [-0.25, -0.2) is 4.39 Å². The van der Waals surface area contributed by atoms with E-state index in [1.165, 1.54) is 6.07 Å². The van der Waals surface area contributed by atoms with Gasteiger partial charge in [0.2, 0.25) is 0 Å². The third kappa shape index (κ3) is 3.95. The average molecular weight is 346 g/mol. The molecule has 20 heavy (non-hydrogen) atoms. The van der Waals surface area contributed by atoms with Crippen LogP contribution < -0.4 is 5.32 Å². The van der Waals surface area contributed by atoms with Crippen LogP contribution in [0.4, 0.5) is 8.78 Å². The molecule has 1 aliphatic heterocycles. The van der Waals surface area contributed by atoms with Crippen LogP contribution in [0, 0.1) is 5.82 Å². The number of nitrogens with one attached hydrogen (secondary N) is 1. The summed E-state index contributed by atoms with van der Waals surface area (Å²) in [6.07, 6.45) is 0.219. The molecule has 114 valence electrons. The highest BCUT2D eigenvalue weighted by Gasteiger charge is 2.27. The first-order valence-electron chi connectivity index (χ1n) is 6.29. The summed E-state index contributed by atoms with van der Waals surface area (Å²) in [5, 5.41) is 3.55. The molecule has 1 aromatic rings. The molecule has 0 aromatic heterocycles. The molecule has 0 radical (unpaired) electrons. The van der Waals surface area contributed by atoms with E-state index in [4.69, 9.17) is 23.2 Å². The fourth-order valence-electron chi connectivity index (χ4n) is 2.45. The van der Waals surface area contributed by atoms with Crippen molar-refractivity contribution in [1.82, 2.24) is 10.2 Å². The number of halogens is 5. The number of piperazine rings is 1. The lowest BCUT2D eigenvalue weighted by Gasteiger charge is -2.35. The lowest BCUT2D eigenvalue weighted by molar-refractivity contribution is 0.154. The van der Waals surface area contributed by atoms with Gasteiger partial charge in [-0.1, -0.05) is 23.2 Å². The minimum atomic E-state index is -0.536. The zero-order valence-electron chi connectivity index (χ0n) is 10.8. The second-order valence-corrected chi connectivity index (χ2v) is 5.35. The molecule has 1 aromatic carbocycles. The van der Waals surface area contributed by atoms with Crippen molar-refractivity contribution in [2.24, 2.45) is 0 Å². The van der Waals surface area contributed by atoms with Gasteiger partial charge in [-0.15, -0.1) is 12.4 Å². The molecule has 1 aliphatic rings. The van der Waals surface area contributed by atoms with Gasteiger partial charge >= 0.3 is 0 Å². The molecular weight excluding hydrogens is 329 g/mol. The largest absolute Gasteiger partial charge is 0.314 e. The fourth-order valence-corrected chi connectivity index (χ4v) is 2.89. The lowest BCUT2D eigenvalue weighted by atomic mass is 10.0. The molecule has 0 bridgehead atoms. The van der Waals surface area contributed by atoms with E-state index in [0.717, 1.165) is 26.2 Å². The van der Waals surface area contributed by atoms with E-state index in [9.17, 15) is 8.78 Å². The molecule has 1 heterocycles. The molecule has 7 heteroatoms. The first kappa shape index (κ1) is 17.9. The number of nitrogens with zero attached hydrogens (tertiary/aromatic N) is 1. The Morgan fingerprint density at radius 3 is 2.40 bits per heavy atom. The van der Waals surface area contributed by atoms with Crippen molar-refractivity contribution in [2.45, 2.75) is 12.5 Å². The Balaban J connectivity index is 0.00000200. The van der Waals surface area contributed by atoms with E-state index in [1.807, 2.05) is 0 Å². The molecule has 0 spiro atoms. The van der Waals surface area contributed by atoms with Crippen LogP contribution in [-0.2, 0) is 0 Å². The van der Waals surface area contributed by atoms with Crippen molar-refractivity contribution in [1.29, 1.82) is 0 Å². The van der Waals surface area contributed by atoms with Crippen molar-refractivity contribution in [2.75, 3.05) is 32.9 Å². The van der Waals surface area contributed by atoms with Crippen molar-refractivity contribution >= 4 is 35.6 Å². The van der Waals surface area contributed by atoms with Crippen molar-refractivity contribution in [3.63, 3.8) is 0 Å². The van der Waals surface area contributed by atoms with Crippen LogP contribution in [0.25, 0.3) is 0 Å². The highest BCUT2D eigenvalue weighted by atomic mass is 35.5. The maximum Gasteiger partial charge on any atom is 0.148 e. The van der Waals surface area contributed by atoms with E-state index < -0.39 is 12.5 Å². The minimum Gasteiger partial charge on any atom is -0.314 e. The van der Waals surface area contributed by atoms with Crippen molar-refractivity contribution in [3.05, 3.63) is 33.6 Å². The Kier molecular flexibility index (Phi) is 7.48. The number of alkyl halides is 1. The molecule has 1 fully saturated rings. The summed E-state index contributed by atoms with van der Waals surface area (Å²) < 4.78 is 27.0. The fraction of sp³-hybridized carbons (Fsp3) is 0.538. The van der Waals surface area contributed by atoms with E-state index in [2.05, 4.69) is 10.2 Å². The summed E-state index contributed by atoms with van der Waals surface area (Å²) in [5.41, 5.74) is 0.314. The van der Waals surface area contributed by atoms with Gasteiger partial charge in [-0.05, 0) is 18.6 Å². The summed E-state index contributed by atoms with van der Waals surface area (Å²) in [6.45, 7) is 2.59. The summed E-state index contributed by atoms with van der Waals surface area (Å²) in [7, 11) is 0. The first-order valence-corrected chi connectivity index (χ1v) is 7.05. The second kappa shape index (κ2) is 8.35. The summed E-state index contributed by atoms with van der Waals surface area (Å²) >= 11 is 11.9. The molecule has 2 rings (SSSR count). The zero-order chi connectivity index (χ0) is 13.8. The van der Waals surface area contributed by atoms with E-state index in [-0.39, 0.29) is 29.9 Å². The van der Waals surface area contributed by atoms with Gasteiger partial charge in [-0.3, -0.25) is 9.29 Å². The Bertz CT molecular complexity index is 440. The van der Waals surface area contributed by atoms with Gasteiger partial charge < -0.3 is 5.32 Å². The van der Waals surface area contributed by atoms with Crippen LogP contribution in [-0.4, -0.2) is 37.8 Å². The number of hydrogen-bond donors (Lipinski definition) is 1. The van der Waals surface area contributed by atoms with Crippen LogP contribution in [0.2, 0.25) is 10.0 Å². The van der Waals surface area contributed by atoms with Crippen molar-refractivity contribution in [3.8, 4) is 0 Å². The highest BCUT2D eigenvalue weighted by Crippen LogP contribution is 2.35. The topological polar surface area (TPSA) is 15.3 Å². The summed E-state index contributed by atoms with van der Waals surface area (Å²) in [4.78, 5) is 2.05. The maximum absolute atomic E-state index is 14.2. The smallest absolute Gasteiger partial charge is 0.148 e. The SMILES string of the molecule is Cl.FCC[C@H](c1c(Cl)ccc(Cl)c1F)N1CCNCC1. The van der Waals surface area contributed by atoms with Crippen LogP contribution in [0.5, 0.6) is 0 Å². The lowest BCUT2D eigenvalue weighted by Crippen LogP contribution is -2.45. The van der Waals surface area contributed by atoms with Crippen molar-refractivity contribution < 1.29 is 8.78 Å². The van der Waals surface area contributed by atoms with Crippen LogP contribution >= 0.6 is 35.6 Å². The zero-order valence-corrected chi connectivity index (χ0v) is 13.2. The molecule has 1 saturated heterocycles. The van der Waals surface area contributed by atoms with Crippen LogP contribution in [0.3, 0.4) is 0 Å². The first-order chi connectivity index (χ1) is 9.15. The predicted octanol–water partition coefficient (Wildman–Crippen LogP) is 3.86. The highest BCUT2D eigenvalue weighted by molar-refractivity contribution is 6.33. The van der Waals surface area contributed by atoms with Gasteiger partial charge in [0.1, 0.15) is 5.82 Å². The summed E-state index contributed by atoms with van der Waals surface area (Å²) in [6, 6.07) is 2.63. The molecule has 2 nitrogen and oxygen atoms in total. The van der Waals surface area contributed by atoms with Gasteiger partial charge in [0.05, 0.1) is 11.7 Å². The third-order valence-electron chi connectivity index (χ3n) is 3.39. The monoisotopic (exact) mass is 344 g/mol. The van der Waals surface area contributed by atoms with E-state index in [1.54, 1.807) is 6.07 Å². The second-order valence-electron chi connectivity index (χ2n) is 4.54. The Hall–Kier alpha value is -0.130. The normalized spacial score (nSPS) is 17.6.